The SMILES string of the molecule is CC(=O)c1ccc(-c2cc3c(cn2)C(C(C)C)c2ccccc2O3)cc1. The van der Waals surface area contributed by atoms with Gasteiger partial charge in [-0.25, -0.2) is 0 Å². The van der Waals surface area contributed by atoms with E-state index in [2.05, 4.69) is 31.0 Å². The van der Waals surface area contributed by atoms with Gasteiger partial charge in [-0.15, -0.1) is 0 Å². The number of ketones is 1. The number of aromatic nitrogens is 1. The Hall–Kier alpha value is -2.94. The van der Waals surface area contributed by atoms with Gasteiger partial charge in [-0.05, 0) is 18.9 Å². The molecule has 3 aromatic rings. The molecule has 3 nitrogen and oxygen atoms in total. The molecule has 0 bridgehead atoms. The van der Waals surface area contributed by atoms with Crippen LogP contribution in [-0.4, -0.2) is 10.8 Å². The summed E-state index contributed by atoms with van der Waals surface area (Å²) in [4.78, 5) is 16.1. The van der Waals surface area contributed by atoms with Crippen LogP contribution in [-0.2, 0) is 0 Å². The van der Waals surface area contributed by atoms with Gasteiger partial charge in [0.2, 0.25) is 0 Å². The van der Waals surface area contributed by atoms with Crippen molar-refractivity contribution < 1.29 is 9.53 Å². The maximum absolute atomic E-state index is 11.5. The van der Waals surface area contributed by atoms with Crippen molar-refractivity contribution in [2.75, 3.05) is 0 Å². The maximum Gasteiger partial charge on any atom is 0.159 e. The van der Waals surface area contributed by atoms with Crippen LogP contribution < -0.4 is 4.74 Å². The highest BCUT2D eigenvalue weighted by Gasteiger charge is 2.30. The Morgan fingerprint density at radius 3 is 2.42 bits per heavy atom. The molecule has 1 unspecified atom stereocenters. The molecule has 0 N–H and O–H groups in total. The van der Waals surface area contributed by atoms with Gasteiger partial charge in [0.05, 0.1) is 5.69 Å². The smallest absolute Gasteiger partial charge is 0.159 e. The molecule has 0 saturated carbocycles. The second-order valence-corrected chi connectivity index (χ2v) is 7.10. The van der Waals surface area contributed by atoms with Gasteiger partial charge in [0, 0.05) is 40.4 Å². The van der Waals surface area contributed by atoms with Gasteiger partial charge in [-0.2, -0.15) is 0 Å². The first-order chi connectivity index (χ1) is 12.5. The van der Waals surface area contributed by atoms with E-state index in [0.717, 1.165) is 28.3 Å². The zero-order chi connectivity index (χ0) is 18.3. The second kappa shape index (κ2) is 6.41. The first-order valence-corrected chi connectivity index (χ1v) is 8.92. The molecule has 0 amide bonds. The predicted octanol–water partition coefficient (Wildman–Crippen LogP) is 5.84. The minimum Gasteiger partial charge on any atom is -0.457 e. The lowest BCUT2D eigenvalue weighted by atomic mass is 9.81. The van der Waals surface area contributed by atoms with Crippen LogP contribution in [0.2, 0.25) is 0 Å². The molecule has 1 atom stereocenters. The third kappa shape index (κ3) is 2.80. The van der Waals surface area contributed by atoms with E-state index in [1.807, 2.05) is 48.7 Å². The van der Waals surface area contributed by atoms with Crippen LogP contribution >= 0.6 is 0 Å². The number of pyridine rings is 1. The van der Waals surface area contributed by atoms with Crippen LogP contribution in [0.4, 0.5) is 0 Å². The molecule has 0 aliphatic carbocycles. The van der Waals surface area contributed by atoms with Crippen molar-refractivity contribution in [1.29, 1.82) is 0 Å². The standard InChI is InChI=1S/C23H21NO2/c1-14(2)23-18-6-4-5-7-21(18)26-22-12-20(24-13-19(22)23)17-10-8-16(9-11-17)15(3)25/h4-14,23H,1-3H3. The number of Topliss-reactive ketones (excluding diaryl/α,β-unsaturated/α-hetero) is 1. The van der Waals surface area contributed by atoms with Crippen molar-refractivity contribution >= 4 is 5.78 Å². The van der Waals surface area contributed by atoms with E-state index < -0.39 is 0 Å². The monoisotopic (exact) mass is 343 g/mol. The van der Waals surface area contributed by atoms with Crippen molar-refractivity contribution in [3.8, 4) is 22.8 Å². The Labute approximate surface area is 153 Å². The average molecular weight is 343 g/mol. The third-order valence-electron chi connectivity index (χ3n) is 4.96. The first kappa shape index (κ1) is 16.5. The average Bonchev–Trinajstić information content (AvgIpc) is 2.65. The molecule has 3 heteroatoms. The van der Waals surface area contributed by atoms with E-state index in [1.165, 1.54) is 5.56 Å². The number of carbonyl (C=O) groups is 1. The molecule has 4 rings (SSSR count). The Morgan fingerprint density at radius 2 is 1.73 bits per heavy atom. The summed E-state index contributed by atoms with van der Waals surface area (Å²) in [6, 6.07) is 17.8. The summed E-state index contributed by atoms with van der Waals surface area (Å²) in [6.07, 6.45) is 1.93. The number of hydrogen-bond acceptors (Lipinski definition) is 3. The molecule has 26 heavy (non-hydrogen) atoms. The zero-order valence-corrected chi connectivity index (χ0v) is 15.2. The van der Waals surface area contributed by atoms with Crippen LogP contribution in [0.3, 0.4) is 0 Å². The summed E-state index contributed by atoms with van der Waals surface area (Å²) >= 11 is 0. The largest absolute Gasteiger partial charge is 0.457 e. The third-order valence-corrected chi connectivity index (χ3v) is 4.96. The van der Waals surface area contributed by atoms with Crippen LogP contribution in [0.15, 0.2) is 60.8 Å². The van der Waals surface area contributed by atoms with E-state index in [1.54, 1.807) is 6.92 Å². The van der Waals surface area contributed by atoms with E-state index in [-0.39, 0.29) is 11.7 Å². The lowest BCUT2D eigenvalue weighted by Crippen LogP contribution is -2.15. The number of carbonyl (C=O) groups excluding carboxylic acids is 1. The van der Waals surface area contributed by atoms with E-state index in [4.69, 9.17) is 4.74 Å². The lowest BCUT2D eigenvalue weighted by molar-refractivity contribution is 0.101. The summed E-state index contributed by atoms with van der Waals surface area (Å²) in [5, 5.41) is 0. The minimum absolute atomic E-state index is 0.0645. The van der Waals surface area contributed by atoms with Crippen molar-refractivity contribution in [2.24, 2.45) is 5.92 Å². The first-order valence-electron chi connectivity index (χ1n) is 8.92. The quantitative estimate of drug-likeness (QED) is 0.560. The summed E-state index contributed by atoms with van der Waals surface area (Å²) in [6.45, 7) is 6.03. The molecule has 130 valence electrons. The van der Waals surface area contributed by atoms with Crippen LogP contribution in [0.5, 0.6) is 11.5 Å². The van der Waals surface area contributed by atoms with Gasteiger partial charge in [0.1, 0.15) is 11.5 Å². The fourth-order valence-electron chi connectivity index (χ4n) is 3.64. The maximum atomic E-state index is 11.5. The molecule has 0 fully saturated rings. The molecule has 2 heterocycles. The van der Waals surface area contributed by atoms with Gasteiger partial charge >= 0.3 is 0 Å². The Bertz CT molecular complexity index is 974. The molecule has 1 aromatic heterocycles. The Kier molecular flexibility index (Phi) is 4.08. The topological polar surface area (TPSA) is 39.2 Å². The summed E-state index contributed by atoms with van der Waals surface area (Å²) in [5.41, 5.74) is 4.87. The number of nitrogens with zero attached hydrogens (tertiary/aromatic N) is 1. The molecular formula is C23H21NO2. The number of ether oxygens (including phenoxy) is 1. The van der Waals surface area contributed by atoms with Crippen molar-refractivity contribution in [3.05, 3.63) is 77.5 Å². The molecule has 1 aliphatic heterocycles. The number of fused-ring (bicyclic) bond motifs is 2. The van der Waals surface area contributed by atoms with Crippen LogP contribution in [0.1, 0.15) is 48.2 Å². The number of benzene rings is 2. The number of rotatable bonds is 3. The van der Waals surface area contributed by atoms with Crippen molar-refractivity contribution in [1.82, 2.24) is 4.98 Å². The number of hydrogen-bond donors (Lipinski definition) is 0. The Balaban J connectivity index is 1.77. The minimum atomic E-state index is 0.0645. The highest BCUT2D eigenvalue weighted by Crippen LogP contribution is 2.47. The summed E-state index contributed by atoms with van der Waals surface area (Å²) < 4.78 is 6.19. The fraction of sp³-hybridized carbons (Fsp3) is 0.217. The molecule has 1 aliphatic rings. The molecule has 0 spiro atoms. The van der Waals surface area contributed by atoms with E-state index in [9.17, 15) is 4.79 Å². The highest BCUT2D eigenvalue weighted by molar-refractivity contribution is 5.94. The molecule has 2 aromatic carbocycles. The summed E-state index contributed by atoms with van der Waals surface area (Å²) in [5.74, 6) is 2.57. The Morgan fingerprint density at radius 1 is 1.00 bits per heavy atom. The molecular weight excluding hydrogens is 322 g/mol. The van der Waals surface area contributed by atoms with Gasteiger partial charge in [0.25, 0.3) is 0 Å². The second-order valence-electron chi connectivity index (χ2n) is 7.10. The summed E-state index contributed by atoms with van der Waals surface area (Å²) in [7, 11) is 0. The van der Waals surface area contributed by atoms with Crippen molar-refractivity contribution in [3.63, 3.8) is 0 Å². The fourth-order valence-corrected chi connectivity index (χ4v) is 3.64. The predicted molar refractivity (Wildman–Crippen MR) is 103 cm³/mol. The van der Waals surface area contributed by atoms with Gasteiger partial charge in [-0.3, -0.25) is 9.78 Å². The van der Waals surface area contributed by atoms with Crippen LogP contribution in [0, 0.1) is 5.92 Å². The zero-order valence-electron chi connectivity index (χ0n) is 15.2. The van der Waals surface area contributed by atoms with Crippen molar-refractivity contribution in [2.45, 2.75) is 26.7 Å². The van der Waals surface area contributed by atoms with Gasteiger partial charge in [-0.1, -0.05) is 56.3 Å². The normalized spacial score (nSPS) is 15.2. The lowest BCUT2D eigenvalue weighted by Gasteiger charge is -2.30. The number of para-hydroxylation sites is 1. The highest BCUT2D eigenvalue weighted by atomic mass is 16.5. The van der Waals surface area contributed by atoms with Gasteiger partial charge in [0.15, 0.2) is 5.78 Å². The molecule has 0 saturated heterocycles. The van der Waals surface area contributed by atoms with Gasteiger partial charge < -0.3 is 4.74 Å². The van der Waals surface area contributed by atoms with E-state index in [0.29, 0.717) is 11.5 Å². The molecule has 0 radical (unpaired) electrons. The van der Waals surface area contributed by atoms with E-state index >= 15 is 0 Å². The van der Waals surface area contributed by atoms with Crippen LogP contribution in [0.25, 0.3) is 11.3 Å².